The Morgan fingerprint density at radius 3 is 2.31 bits per heavy atom. The van der Waals surface area contributed by atoms with Gasteiger partial charge in [0.2, 0.25) is 0 Å². The summed E-state index contributed by atoms with van der Waals surface area (Å²) in [4.78, 5) is 0. The molecule has 0 radical (unpaired) electrons. The lowest BCUT2D eigenvalue weighted by atomic mass is 9.87. The van der Waals surface area contributed by atoms with E-state index in [1.54, 1.807) is 0 Å². The lowest BCUT2D eigenvalue weighted by Gasteiger charge is -2.25. The first kappa shape index (κ1) is 12.5. The van der Waals surface area contributed by atoms with Gasteiger partial charge >= 0.3 is 0 Å². The number of hydrogen-bond donors (Lipinski definition) is 1. The Morgan fingerprint density at radius 2 is 1.92 bits per heavy atom. The van der Waals surface area contributed by atoms with Crippen LogP contribution in [0.3, 0.4) is 0 Å². The second kappa shape index (κ2) is 6.05. The summed E-state index contributed by atoms with van der Waals surface area (Å²) in [7, 11) is 0. The first-order valence-electron chi connectivity index (χ1n) is 5.12. The molecular weight excluding hydrogens is 158 g/mol. The fraction of sp³-hybridized carbons (Fsp3) is 0.833. The molecule has 0 aromatic heterocycles. The fourth-order valence-corrected chi connectivity index (χ4v) is 1.47. The Labute approximate surface area is 83.3 Å². The van der Waals surface area contributed by atoms with Crippen molar-refractivity contribution in [2.24, 2.45) is 5.41 Å². The van der Waals surface area contributed by atoms with Gasteiger partial charge in [-0.25, -0.2) is 0 Å². The summed E-state index contributed by atoms with van der Waals surface area (Å²) < 4.78 is 0. The second-order valence-electron chi connectivity index (χ2n) is 4.65. The molecule has 0 aromatic rings. The normalized spacial score (nSPS) is 13.3. The van der Waals surface area contributed by atoms with Gasteiger partial charge in [0.05, 0.1) is 0 Å². The molecule has 0 aliphatic rings. The highest BCUT2D eigenvalue weighted by Crippen LogP contribution is 2.21. The molecule has 0 heterocycles. The third kappa shape index (κ3) is 7.87. The van der Waals surface area contributed by atoms with E-state index in [-0.39, 0.29) is 0 Å². The molecule has 0 aliphatic carbocycles. The summed E-state index contributed by atoms with van der Waals surface area (Å²) in [5, 5.41) is 3.47. The zero-order valence-electron chi connectivity index (χ0n) is 9.70. The van der Waals surface area contributed by atoms with Crippen LogP contribution in [0.2, 0.25) is 0 Å². The van der Waals surface area contributed by atoms with E-state index in [1.165, 1.54) is 6.42 Å². The molecular formula is C12H23N. The summed E-state index contributed by atoms with van der Waals surface area (Å²) in [6.07, 6.45) is 2.16. The van der Waals surface area contributed by atoms with Crippen molar-refractivity contribution in [1.82, 2.24) is 5.32 Å². The molecule has 1 N–H and O–H groups in total. The summed E-state index contributed by atoms with van der Waals surface area (Å²) in [6, 6.07) is 0.553. The van der Waals surface area contributed by atoms with Crippen molar-refractivity contribution < 1.29 is 0 Å². The minimum Gasteiger partial charge on any atom is -0.313 e. The molecule has 0 aliphatic heterocycles. The monoisotopic (exact) mass is 181 g/mol. The van der Waals surface area contributed by atoms with Crippen molar-refractivity contribution in [3.63, 3.8) is 0 Å². The Hall–Kier alpha value is -0.480. The third-order valence-electron chi connectivity index (χ3n) is 1.88. The smallest absolute Gasteiger partial charge is 0.0243 e. The molecule has 0 bridgehead atoms. The number of rotatable bonds is 4. The number of nitrogens with one attached hydrogen (secondary N) is 1. The van der Waals surface area contributed by atoms with E-state index in [2.05, 4.69) is 44.9 Å². The van der Waals surface area contributed by atoms with Crippen molar-refractivity contribution in [2.45, 2.75) is 53.5 Å². The first-order chi connectivity index (χ1) is 5.99. The quantitative estimate of drug-likeness (QED) is 0.658. The van der Waals surface area contributed by atoms with Gasteiger partial charge in [-0.3, -0.25) is 0 Å². The molecule has 0 spiro atoms. The standard InChI is InChI=1S/C12H23N/c1-6-8-9-11(13-7-2)10-12(3,4)5/h11,13H,7,9-10H2,1-5H3. The van der Waals surface area contributed by atoms with E-state index < -0.39 is 0 Å². The van der Waals surface area contributed by atoms with Crippen molar-refractivity contribution in [3.05, 3.63) is 0 Å². The van der Waals surface area contributed by atoms with E-state index in [1.807, 2.05) is 6.92 Å². The molecule has 0 fully saturated rings. The Kier molecular flexibility index (Phi) is 5.82. The van der Waals surface area contributed by atoms with Crippen molar-refractivity contribution in [2.75, 3.05) is 6.54 Å². The molecule has 1 nitrogen and oxygen atoms in total. The summed E-state index contributed by atoms with van der Waals surface area (Å²) in [6.45, 7) is 11.9. The van der Waals surface area contributed by atoms with E-state index in [4.69, 9.17) is 0 Å². The Morgan fingerprint density at radius 1 is 1.31 bits per heavy atom. The van der Waals surface area contributed by atoms with Crippen molar-refractivity contribution >= 4 is 0 Å². The Balaban J connectivity index is 3.98. The van der Waals surface area contributed by atoms with Crippen LogP contribution in [-0.2, 0) is 0 Å². The predicted octanol–water partition coefficient (Wildman–Crippen LogP) is 2.81. The zero-order chi connectivity index (χ0) is 10.3. The zero-order valence-corrected chi connectivity index (χ0v) is 9.70. The minimum absolute atomic E-state index is 0.391. The van der Waals surface area contributed by atoms with Crippen LogP contribution in [0, 0.1) is 17.3 Å². The molecule has 1 heteroatoms. The average molecular weight is 181 g/mol. The van der Waals surface area contributed by atoms with Gasteiger partial charge in [0.15, 0.2) is 0 Å². The van der Waals surface area contributed by atoms with Gasteiger partial charge in [-0.1, -0.05) is 27.7 Å². The van der Waals surface area contributed by atoms with Crippen LogP contribution in [0.4, 0.5) is 0 Å². The lowest BCUT2D eigenvalue weighted by Crippen LogP contribution is -2.32. The minimum atomic E-state index is 0.391. The molecule has 1 unspecified atom stereocenters. The molecule has 1 atom stereocenters. The summed E-state index contributed by atoms with van der Waals surface area (Å²) >= 11 is 0. The van der Waals surface area contributed by atoms with Gasteiger partial charge < -0.3 is 5.32 Å². The van der Waals surface area contributed by atoms with E-state index in [0.717, 1.165) is 13.0 Å². The predicted molar refractivity (Wildman–Crippen MR) is 59.6 cm³/mol. The van der Waals surface area contributed by atoms with E-state index >= 15 is 0 Å². The molecule has 0 rings (SSSR count). The highest BCUT2D eigenvalue weighted by atomic mass is 14.9. The third-order valence-corrected chi connectivity index (χ3v) is 1.88. The van der Waals surface area contributed by atoms with E-state index in [9.17, 15) is 0 Å². The maximum absolute atomic E-state index is 3.47. The molecule has 0 amide bonds. The van der Waals surface area contributed by atoms with Gasteiger partial charge in [-0.05, 0) is 25.3 Å². The van der Waals surface area contributed by atoms with E-state index in [0.29, 0.717) is 11.5 Å². The van der Waals surface area contributed by atoms with Gasteiger partial charge in [0, 0.05) is 12.5 Å². The maximum atomic E-state index is 3.47. The average Bonchev–Trinajstić information content (AvgIpc) is 1.98. The lowest BCUT2D eigenvalue weighted by molar-refractivity contribution is 0.313. The van der Waals surface area contributed by atoms with Gasteiger partial charge in [0.1, 0.15) is 0 Å². The second-order valence-corrected chi connectivity index (χ2v) is 4.65. The van der Waals surface area contributed by atoms with Crippen LogP contribution in [-0.4, -0.2) is 12.6 Å². The first-order valence-corrected chi connectivity index (χ1v) is 5.12. The summed E-state index contributed by atoms with van der Waals surface area (Å²) in [5.74, 6) is 6.10. The topological polar surface area (TPSA) is 12.0 Å². The van der Waals surface area contributed by atoms with Gasteiger partial charge in [-0.15, -0.1) is 11.8 Å². The molecule has 13 heavy (non-hydrogen) atoms. The van der Waals surface area contributed by atoms with Crippen LogP contribution in [0.15, 0.2) is 0 Å². The van der Waals surface area contributed by atoms with Gasteiger partial charge in [0.25, 0.3) is 0 Å². The van der Waals surface area contributed by atoms with Crippen LogP contribution >= 0.6 is 0 Å². The van der Waals surface area contributed by atoms with Crippen LogP contribution in [0.5, 0.6) is 0 Å². The SMILES string of the molecule is CC#CCC(CC(C)(C)C)NCC. The number of hydrogen-bond acceptors (Lipinski definition) is 1. The Bertz CT molecular complexity index is 178. The highest BCUT2D eigenvalue weighted by Gasteiger charge is 2.16. The highest BCUT2D eigenvalue weighted by molar-refractivity contribution is 4.98. The molecule has 0 saturated heterocycles. The molecule has 0 saturated carbocycles. The molecule has 76 valence electrons. The van der Waals surface area contributed by atoms with Crippen molar-refractivity contribution in [3.8, 4) is 11.8 Å². The van der Waals surface area contributed by atoms with Crippen molar-refractivity contribution in [1.29, 1.82) is 0 Å². The van der Waals surface area contributed by atoms with Crippen LogP contribution in [0.1, 0.15) is 47.5 Å². The van der Waals surface area contributed by atoms with Crippen LogP contribution < -0.4 is 5.32 Å². The fourth-order valence-electron chi connectivity index (χ4n) is 1.47. The maximum Gasteiger partial charge on any atom is 0.0243 e. The largest absolute Gasteiger partial charge is 0.313 e. The van der Waals surface area contributed by atoms with Crippen LogP contribution in [0.25, 0.3) is 0 Å². The summed E-state index contributed by atoms with van der Waals surface area (Å²) in [5.41, 5.74) is 0.391. The van der Waals surface area contributed by atoms with Gasteiger partial charge in [-0.2, -0.15) is 0 Å². The molecule has 0 aromatic carbocycles.